The van der Waals surface area contributed by atoms with Crippen LogP contribution in [0.3, 0.4) is 0 Å². The van der Waals surface area contributed by atoms with Crippen molar-refractivity contribution in [1.29, 1.82) is 0 Å². The van der Waals surface area contributed by atoms with Gasteiger partial charge >= 0.3 is 0 Å². The van der Waals surface area contributed by atoms with E-state index in [4.69, 9.17) is 0 Å². The molecule has 1 N–H and O–H groups in total. The molecule has 1 aromatic heterocycles. The van der Waals surface area contributed by atoms with Gasteiger partial charge in [0.15, 0.2) is 5.01 Å². The van der Waals surface area contributed by atoms with Crippen molar-refractivity contribution in [3.8, 4) is 10.6 Å². The van der Waals surface area contributed by atoms with Crippen molar-refractivity contribution >= 4 is 27.3 Å². The molecule has 0 aliphatic rings. The third-order valence-corrected chi connectivity index (χ3v) is 3.78. The summed E-state index contributed by atoms with van der Waals surface area (Å²) in [6, 6.07) is 4.95. The number of hydrogen-bond donors (Lipinski definition) is 1. The lowest BCUT2D eigenvalue weighted by atomic mass is 10.2. The summed E-state index contributed by atoms with van der Waals surface area (Å²) in [4.78, 5) is 0. The number of aromatic nitrogens is 2. The van der Waals surface area contributed by atoms with Crippen molar-refractivity contribution in [3.05, 3.63) is 33.5 Å². The predicted molar refractivity (Wildman–Crippen MR) is 75.0 cm³/mol. The van der Waals surface area contributed by atoms with Gasteiger partial charge in [-0.05, 0) is 31.2 Å². The highest BCUT2D eigenvalue weighted by Gasteiger charge is 2.11. The maximum atomic E-state index is 13.7. The van der Waals surface area contributed by atoms with E-state index >= 15 is 0 Å². The van der Waals surface area contributed by atoms with Crippen LogP contribution in [0.25, 0.3) is 10.6 Å². The lowest BCUT2D eigenvalue weighted by Gasteiger charge is -1.98. The molecule has 6 heteroatoms. The molecule has 0 spiro atoms. The second-order valence-corrected chi connectivity index (χ2v) is 5.78. The largest absolute Gasteiger partial charge is 0.310 e. The molecule has 2 rings (SSSR count). The van der Waals surface area contributed by atoms with Gasteiger partial charge in [0.1, 0.15) is 10.8 Å². The predicted octanol–water partition coefficient (Wildman–Crippen LogP) is 3.61. The van der Waals surface area contributed by atoms with Gasteiger partial charge in [0, 0.05) is 16.6 Å². The Bertz CT molecular complexity index is 530. The molecule has 0 saturated carbocycles. The Morgan fingerprint density at radius 3 is 2.94 bits per heavy atom. The van der Waals surface area contributed by atoms with Crippen LogP contribution in [0, 0.1) is 5.82 Å². The highest BCUT2D eigenvalue weighted by atomic mass is 79.9. The maximum Gasteiger partial charge on any atom is 0.150 e. The number of hydrogen-bond acceptors (Lipinski definition) is 4. The molecule has 2 aromatic rings. The van der Waals surface area contributed by atoms with E-state index in [1.807, 2.05) is 0 Å². The summed E-state index contributed by atoms with van der Waals surface area (Å²) in [5, 5.41) is 12.8. The van der Waals surface area contributed by atoms with Crippen molar-refractivity contribution in [3.63, 3.8) is 0 Å². The third kappa shape index (κ3) is 3.34. The average Bonchev–Trinajstić information content (AvgIpc) is 2.78. The van der Waals surface area contributed by atoms with E-state index in [1.54, 1.807) is 12.1 Å². The van der Waals surface area contributed by atoms with Crippen LogP contribution in [0.5, 0.6) is 0 Å². The van der Waals surface area contributed by atoms with E-state index in [1.165, 1.54) is 17.4 Å². The fraction of sp³-hybridized carbons (Fsp3) is 0.333. The van der Waals surface area contributed by atoms with E-state index in [-0.39, 0.29) is 5.82 Å². The molecule has 0 aliphatic heterocycles. The molecule has 0 fully saturated rings. The fourth-order valence-electron chi connectivity index (χ4n) is 1.47. The Kier molecular flexibility index (Phi) is 4.79. The van der Waals surface area contributed by atoms with Gasteiger partial charge < -0.3 is 5.32 Å². The minimum atomic E-state index is -0.284. The molecule has 18 heavy (non-hydrogen) atoms. The Morgan fingerprint density at radius 2 is 2.22 bits per heavy atom. The van der Waals surface area contributed by atoms with Gasteiger partial charge in [-0.1, -0.05) is 34.2 Å². The van der Waals surface area contributed by atoms with Crippen LogP contribution in [-0.4, -0.2) is 16.7 Å². The summed E-state index contributed by atoms with van der Waals surface area (Å²) in [7, 11) is 0. The first-order valence-corrected chi connectivity index (χ1v) is 7.30. The number of nitrogens with zero attached hydrogens (tertiary/aromatic N) is 2. The van der Waals surface area contributed by atoms with Gasteiger partial charge in [-0.15, -0.1) is 10.2 Å². The SMILES string of the molecule is CCCNCc1nnc(-c2ccc(Br)cc2F)s1. The molecule has 0 amide bonds. The molecule has 1 heterocycles. The van der Waals surface area contributed by atoms with E-state index in [2.05, 4.69) is 38.4 Å². The average molecular weight is 330 g/mol. The highest BCUT2D eigenvalue weighted by Crippen LogP contribution is 2.27. The van der Waals surface area contributed by atoms with E-state index in [0.29, 0.717) is 17.1 Å². The van der Waals surface area contributed by atoms with Gasteiger partial charge in [-0.3, -0.25) is 0 Å². The first-order valence-electron chi connectivity index (χ1n) is 5.69. The van der Waals surface area contributed by atoms with Gasteiger partial charge in [0.25, 0.3) is 0 Å². The summed E-state index contributed by atoms with van der Waals surface area (Å²) in [6.45, 7) is 3.74. The fourth-order valence-corrected chi connectivity index (χ4v) is 2.64. The molecule has 1 aromatic carbocycles. The van der Waals surface area contributed by atoms with Crippen LogP contribution in [-0.2, 0) is 6.54 Å². The Labute approximate surface area is 118 Å². The zero-order chi connectivity index (χ0) is 13.0. The van der Waals surface area contributed by atoms with Crippen molar-refractivity contribution < 1.29 is 4.39 Å². The van der Waals surface area contributed by atoms with Crippen molar-refractivity contribution in [2.24, 2.45) is 0 Å². The van der Waals surface area contributed by atoms with Crippen LogP contribution in [0.1, 0.15) is 18.4 Å². The van der Waals surface area contributed by atoms with E-state index in [0.717, 1.165) is 22.4 Å². The van der Waals surface area contributed by atoms with Gasteiger partial charge in [0.2, 0.25) is 0 Å². The Balaban J connectivity index is 2.13. The second-order valence-electron chi connectivity index (χ2n) is 3.80. The molecule has 0 radical (unpaired) electrons. The highest BCUT2D eigenvalue weighted by molar-refractivity contribution is 9.10. The molecule has 0 aliphatic carbocycles. The van der Waals surface area contributed by atoms with Crippen LogP contribution >= 0.6 is 27.3 Å². The lowest BCUT2D eigenvalue weighted by Crippen LogP contribution is -2.13. The Morgan fingerprint density at radius 1 is 1.39 bits per heavy atom. The van der Waals surface area contributed by atoms with E-state index < -0.39 is 0 Å². The minimum Gasteiger partial charge on any atom is -0.310 e. The summed E-state index contributed by atoms with van der Waals surface area (Å²) in [5.74, 6) is -0.284. The zero-order valence-corrected chi connectivity index (χ0v) is 12.3. The zero-order valence-electron chi connectivity index (χ0n) is 9.91. The monoisotopic (exact) mass is 329 g/mol. The summed E-state index contributed by atoms with van der Waals surface area (Å²) >= 11 is 4.65. The molecule has 0 saturated heterocycles. The van der Waals surface area contributed by atoms with Gasteiger partial charge in [-0.25, -0.2) is 4.39 Å². The summed E-state index contributed by atoms with van der Waals surface area (Å²) in [5.41, 5.74) is 0.498. The summed E-state index contributed by atoms with van der Waals surface area (Å²) < 4.78 is 14.5. The topological polar surface area (TPSA) is 37.8 Å². The standard InChI is InChI=1S/C12H13BrFN3S/c1-2-5-15-7-11-16-17-12(18-11)9-4-3-8(13)6-10(9)14/h3-4,6,15H,2,5,7H2,1H3. The number of rotatable bonds is 5. The van der Waals surface area contributed by atoms with Crippen LogP contribution < -0.4 is 5.32 Å². The molecule has 96 valence electrons. The molecular weight excluding hydrogens is 317 g/mol. The van der Waals surface area contributed by atoms with Crippen molar-refractivity contribution in [1.82, 2.24) is 15.5 Å². The number of halogens is 2. The first kappa shape index (κ1) is 13.6. The molecule has 0 bridgehead atoms. The first-order chi connectivity index (χ1) is 8.70. The molecule has 0 unspecified atom stereocenters. The summed E-state index contributed by atoms with van der Waals surface area (Å²) in [6.07, 6.45) is 1.08. The molecular formula is C12H13BrFN3S. The van der Waals surface area contributed by atoms with Crippen LogP contribution in [0.15, 0.2) is 22.7 Å². The Hall–Kier alpha value is -0.850. The normalized spacial score (nSPS) is 10.8. The van der Waals surface area contributed by atoms with Gasteiger partial charge in [0.05, 0.1) is 0 Å². The second kappa shape index (κ2) is 6.36. The van der Waals surface area contributed by atoms with Gasteiger partial charge in [-0.2, -0.15) is 0 Å². The smallest absolute Gasteiger partial charge is 0.150 e. The molecule has 3 nitrogen and oxygen atoms in total. The number of nitrogens with one attached hydrogen (secondary N) is 1. The van der Waals surface area contributed by atoms with Crippen molar-refractivity contribution in [2.45, 2.75) is 19.9 Å². The number of benzene rings is 1. The molecule has 0 atom stereocenters. The van der Waals surface area contributed by atoms with Crippen molar-refractivity contribution in [2.75, 3.05) is 6.54 Å². The maximum absolute atomic E-state index is 13.7. The lowest BCUT2D eigenvalue weighted by molar-refractivity contribution is 0.630. The third-order valence-electron chi connectivity index (χ3n) is 2.33. The quantitative estimate of drug-likeness (QED) is 0.851. The van der Waals surface area contributed by atoms with Crippen LogP contribution in [0.2, 0.25) is 0 Å². The van der Waals surface area contributed by atoms with E-state index in [9.17, 15) is 4.39 Å². The minimum absolute atomic E-state index is 0.284. The van der Waals surface area contributed by atoms with Crippen LogP contribution in [0.4, 0.5) is 4.39 Å².